The number of unbranched alkanes of at least 4 members (excludes halogenated alkanes) is 1. The maximum Gasteiger partial charge on any atom is 0.224 e. The molecule has 1 saturated heterocycles. The quantitative estimate of drug-likeness (QED) is 0.762. The van der Waals surface area contributed by atoms with E-state index in [1.807, 2.05) is 0 Å². The van der Waals surface area contributed by atoms with Crippen molar-refractivity contribution in [1.82, 2.24) is 15.2 Å². The van der Waals surface area contributed by atoms with Gasteiger partial charge in [0.25, 0.3) is 0 Å². The van der Waals surface area contributed by atoms with Crippen LogP contribution in [-0.2, 0) is 11.2 Å². The fourth-order valence-electron chi connectivity index (χ4n) is 4.71. The van der Waals surface area contributed by atoms with Crippen LogP contribution in [-0.4, -0.2) is 42.0 Å². The van der Waals surface area contributed by atoms with Gasteiger partial charge in [0.05, 0.1) is 10.5 Å². The molecule has 134 valence electrons. The molecule has 0 saturated carbocycles. The van der Waals surface area contributed by atoms with E-state index in [0.29, 0.717) is 12.0 Å². The molecule has 2 N–H and O–H groups in total. The molecule has 1 aromatic carbocycles. The predicted molar refractivity (Wildman–Crippen MR) is 105 cm³/mol. The van der Waals surface area contributed by atoms with Gasteiger partial charge in [-0.05, 0) is 59.4 Å². The zero-order valence-electron chi connectivity index (χ0n) is 14.9. The van der Waals surface area contributed by atoms with Gasteiger partial charge in [0.15, 0.2) is 0 Å². The minimum absolute atomic E-state index is 0.0855. The lowest BCUT2D eigenvalue weighted by Gasteiger charge is -2.45. The van der Waals surface area contributed by atoms with E-state index in [2.05, 4.69) is 63.3 Å². The number of nitrogens with one attached hydrogen (secondary N) is 2. The molecule has 0 bridgehead atoms. The summed E-state index contributed by atoms with van der Waals surface area (Å²) in [6.45, 7) is 3.81. The van der Waals surface area contributed by atoms with Crippen molar-refractivity contribution < 1.29 is 4.79 Å². The Kier molecular flexibility index (Phi) is 4.63. The van der Waals surface area contributed by atoms with E-state index in [1.165, 1.54) is 22.0 Å². The minimum Gasteiger partial charge on any atom is -0.356 e. The van der Waals surface area contributed by atoms with Gasteiger partial charge in [-0.2, -0.15) is 0 Å². The molecule has 1 fully saturated rings. The van der Waals surface area contributed by atoms with Crippen molar-refractivity contribution in [2.45, 2.75) is 44.6 Å². The normalized spacial score (nSPS) is 25.8. The number of nitrogens with zero attached hydrogens (tertiary/aromatic N) is 1. The summed E-state index contributed by atoms with van der Waals surface area (Å²) in [5.74, 6) is 0.744. The van der Waals surface area contributed by atoms with E-state index < -0.39 is 0 Å². The summed E-state index contributed by atoms with van der Waals surface area (Å²) in [7, 11) is 2.18. The molecular formula is C20H26BrN3O. The van der Waals surface area contributed by atoms with Gasteiger partial charge < -0.3 is 15.2 Å². The smallest absolute Gasteiger partial charge is 0.224 e. The average Bonchev–Trinajstić information content (AvgIpc) is 2.93. The van der Waals surface area contributed by atoms with Crippen molar-refractivity contribution in [2.75, 3.05) is 20.1 Å². The number of aromatic amines is 1. The standard InChI is InChI=1S/C20H26BrN3O/c1-3-4-8-22-20(25)12-9-14-13-6-5-7-16-18(13)15(19(21)23-16)10-17(14)24(2)11-12/h5-7,12,14,17,23H,3-4,8-11H2,1-2H3,(H,22,25)/t12-,14+,17-/m0/s1. The van der Waals surface area contributed by atoms with Crippen molar-refractivity contribution >= 4 is 32.7 Å². The van der Waals surface area contributed by atoms with Crippen LogP contribution in [0.4, 0.5) is 0 Å². The number of fused-ring (bicyclic) bond motifs is 2. The number of likely N-dealkylation sites (tertiary alicyclic amines) is 1. The summed E-state index contributed by atoms with van der Waals surface area (Å²) < 4.78 is 1.11. The van der Waals surface area contributed by atoms with Crippen molar-refractivity contribution in [3.63, 3.8) is 0 Å². The van der Waals surface area contributed by atoms with Crippen LogP contribution in [0.2, 0.25) is 0 Å². The number of H-pyrrole nitrogens is 1. The molecule has 1 aliphatic carbocycles. The van der Waals surface area contributed by atoms with Crippen molar-refractivity contribution in [1.29, 1.82) is 0 Å². The first kappa shape index (κ1) is 17.1. The van der Waals surface area contributed by atoms with E-state index in [1.54, 1.807) is 0 Å². The Bertz CT molecular complexity index is 800. The van der Waals surface area contributed by atoms with Gasteiger partial charge in [0.1, 0.15) is 0 Å². The van der Waals surface area contributed by atoms with Gasteiger partial charge in [-0.25, -0.2) is 0 Å². The summed E-state index contributed by atoms with van der Waals surface area (Å²) in [5, 5.41) is 4.51. The van der Waals surface area contributed by atoms with Crippen LogP contribution in [0.15, 0.2) is 22.8 Å². The number of hydrogen-bond acceptors (Lipinski definition) is 2. The predicted octanol–water partition coefficient (Wildman–Crippen LogP) is 3.81. The van der Waals surface area contributed by atoms with Gasteiger partial charge in [-0.3, -0.25) is 4.79 Å². The van der Waals surface area contributed by atoms with Gasteiger partial charge in [0, 0.05) is 36.0 Å². The van der Waals surface area contributed by atoms with Gasteiger partial charge in [-0.15, -0.1) is 0 Å². The highest BCUT2D eigenvalue weighted by molar-refractivity contribution is 9.10. The van der Waals surface area contributed by atoms with Crippen LogP contribution < -0.4 is 5.32 Å². The number of likely N-dealkylation sites (N-methyl/N-ethyl adjacent to an activating group) is 1. The first-order chi connectivity index (χ1) is 12.1. The maximum absolute atomic E-state index is 12.6. The number of halogens is 1. The molecule has 4 rings (SSSR count). The fourth-order valence-corrected chi connectivity index (χ4v) is 5.28. The van der Waals surface area contributed by atoms with Crippen LogP contribution in [0, 0.1) is 5.92 Å². The van der Waals surface area contributed by atoms with E-state index in [-0.39, 0.29) is 11.8 Å². The van der Waals surface area contributed by atoms with E-state index >= 15 is 0 Å². The van der Waals surface area contributed by atoms with E-state index in [0.717, 1.165) is 43.4 Å². The summed E-state index contributed by atoms with van der Waals surface area (Å²) in [4.78, 5) is 18.5. The molecule has 0 radical (unpaired) electrons. The summed E-state index contributed by atoms with van der Waals surface area (Å²) in [6, 6.07) is 7.02. The number of benzene rings is 1. The third-order valence-corrected chi connectivity index (χ3v) is 6.68. The fraction of sp³-hybridized carbons (Fsp3) is 0.550. The van der Waals surface area contributed by atoms with E-state index in [9.17, 15) is 4.79 Å². The second kappa shape index (κ2) is 6.76. The number of amides is 1. The molecule has 3 atom stereocenters. The zero-order valence-corrected chi connectivity index (χ0v) is 16.5. The van der Waals surface area contributed by atoms with Crippen LogP contribution >= 0.6 is 15.9 Å². The third-order valence-electron chi connectivity index (χ3n) is 6.00. The molecule has 1 aromatic heterocycles. The van der Waals surface area contributed by atoms with Gasteiger partial charge in [-0.1, -0.05) is 25.5 Å². The second-order valence-corrected chi connectivity index (χ2v) is 8.38. The first-order valence-corrected chi connectivity index (χ1v) is 10.2. The highest BCUT2D eigenvalue weighted by Crippen LogP contribution is 2.46. The molecule has 1 amide bonds. The summed E-state index contributed by atoms with van der Waals surface area (Å²) >= 11 is 3.71. The topological polar surface area (TPSA) is 48.1 Å². The number of hydrogen-bond donors (Lipinski definition) is 2. The molecule has 4 nitrogen and oxygen atoms in total. The first-order valence-electron chi connectivity index (χ1n) is 9.37. The Morgan fingerprint density at radius 2 is 2.28 bits per heavy atom. The van der Waals surface area contributed by atoms with Crippen molar-refractivity contribution in [2.24, 2.45) is 5.92 Å². The van der Waals surface area contributed by atoms with Gasteiger partial charge >= 0.3 is 0 Å². The summed E-state index contributed by atoms with van der Waals surface area (Å²) in [5.41, 5.74) is 4.00. The molecule has 2 aromatic rings. The largest absolute Gasteiger partial charge is 0.356 e. The Morgan fingerprint density at radius 3 is 3.08 bits per heavy atom. The van der Waals surface area contributed by atoms with Crippen LogP contribution in [0.1, 0.15) is 43.2 Å². The van der Waals surface area contributed by atoms with Crippen LogP contribution in [0.3, 0.4) is 0 Å². The molecule has 5 heteroatoms. The molecule has 0 spiro atoms. The zero-order chi connectivity index (χ0) is 17.6. The lowest BCUT2D eigenvalue weighted by Crippen LogP contribution is -2.51. The van der Waals surface area contributed by atoms with Crippen LogP contribution in [0.25, 0.3) is 10.9 Å². The Balaban J connectivity index is 1.63. The number of rotatable bonds is 4. The lowest BCUT2D eigenvalue weighted by molar-refractivity contribution is -0.127. The number of aromatic nitrogens is 1. The van der Waals surface area contributed by atoms with Crippen molar-refractivity contribution in [3.8, 4) is 0 Å². The highest BCUT2D eigenvalue weighted by atomic mass is 79.9. The second-order valence-electron chi connectivity index (χ2n) is 7.58. The minimum atomic E-state index is 0.0855. The Morgan fingerprint density at radius 1 is 1.44 bits per heavy atom. The number of piperidine rings is 1. The van der Waals surface area contributed by atoms with Gasteiger partial charge in [0.2, 0.25) is 5.91 Å². The van der Waals surface area contributed by atoms with Crippen molar-refractivity contribution in [3.05, 3.63) is 33.9 Å². The SMILES string of the molecule is CCCCNC(=O)[C@H]1C[C@@H]2c3cccc4[nH]c(Br)c(c34)C[C@@H]2N(C)C1. The molecule has 1 aliphatic heterocycles. The van der Waals surface area contributed by atoms with E-state index in [4.69, 9.17) is 0 Å². The maximum atomic E-state index is 12.6. The molecule has 2 heterocycles. The molecule has 0 unspecified atom stereocenters. The average molecular weight is 404 g/mol. The third kappa shape index (κ3) is 2.91. The monoisotopic (exact) mass is 403 g/mol. The molecular weight excluding hydrogens is 378 g/mol. The summed E-state index contributed by atoms with van der Waals surface area (Å²) in [6.07, 6.45) is 4.17. The number of carbonyl (C=O) groups is 1. The van der Waals surface area contributed by atoms with Crippen LogP contribution in [0.5, 0.6) is 0 Å². The lowest BCUT2D eigenvalue weighted by atomic mass is 9.72. The Hall–Kier alpha value is -1.33. The highest BCUT2D eigenvalue weighted by Gasteiger charge is 2.41. The number of carbonyl (C=O) groups excluding carboxylic acids is 1. The Labute approximate surface area is 157 Å². The molecule has 25 heavy (non-hydrogen) atoms. The molecule has 2 aliphatic rings.